The van der Waals surface area contributed by atoms with Gasteiger partial charge < -0.3 is 10.2 Å². The topological polar surface area (TPSA) is 80.1 Å². The van der Waals surface area contributed by atoms with Gasteiger partial charge in [0, 0.05) is 25.0 Å². The second kappa shape index (κ2) is 8.71. The van der Waals surface area contributed by atoms with Gasteiger partial charge in [0.05, 0.1) is 5.52 Å². The zero-order valence-corrected chi connectivity index (χ0v) is 16.3. The average Bonchev–Trinajstić information content (AvgIpc) is 3.39. The van der Waals surface area contributed by atoms with E-state index in [4.69, 9.17) is 0 Å². The van der Waals surface area contributed by atoms with Crippen LogP contribution in [0.15, 0.2) is 24.3 Å². The molecule has 1 saturated carbocycles. The average molecular weight is 383 g/mol. The lowest BCUT2D eigenvalue weighted by Gasteiger charge is -2.36. The molecule has 1 unspecified atom stereocenters. The normalized spacial score (nSPS) is 20.6. The van der Waals surface area contributed by atoms with Crippen molar-refractivity contribution in [3.8, 4) is 0 Å². The number of hydrogen-bond donors (Lipinski definition) is 1. The molecule has 1 aromatic carbocycles. The van der Waals surface area contributed by atoms with E-state index in [0.29, 0.717) is 6.54 Å². The molecule has 150 valence electrons. The summed E-state index contributed by atoms with van der Waals surface area (Å²) in [5.41, 5.74) is 1.69. The third kappa shape index (κ3) is 4.18. The van der Waals surface area contributed by atoms with E-state index in [1.807, 2.05) is 29.2 Å². The number of hydrogen-bond acceptors (Lipinski definition) is 4. The molecule has 2 amide bonds. The number of likely N-dealkylation sites (tertiary alicyclic amines) is 1. The van der Waals surface area contributed by atoms with Crippen LogP contribution in [0.25, 0.3) is 11.0 Å². The van der Waals surface area contributed by atoms with Crippen LogP contribution in [-0.2, 0) is 16.1 Å². The minimum Gasteiger partial charge on any atom is -0.356 e. The Labute approximate surface area is 165 Å². The summed E-state index contributed by atoms with van der Waals surface area (Å²) >= 11 is 0. The summed E-state index contributed by atoms with van der Waals surface area (Å²) in [7, 11) is 0. The fourth-order valence-corrected chi connectivity index (χ4v) is 4.58. The zero-order chi connectivity index (χ0) is 19.3. The molecule has 0 radical (unpaired) electrons. The number of carbonyl (C=O) groups is 2. The van der Waals surface area contributed by atoms with Crippen molar-refractivity contribution in [2.75, 3.05) is 13.1 Å². The summed E-state index contributed by atoms with van der Waals surface area (Å²) in [6.07, 6.45) is 8.37. The van der Waals surface area contributed by atoms with Gasteiger partial charge >= 0.3 is 0 Å². The molecule has 2 aromatic rings. The van der Waals surface area contributed by atoms with E-state index in [0.717, 1.165) is 56.1 Å². The lowest BCUT2D eigenvalue weighted by atomic mass is 9.99. The Bertz CT molecular complexity index is 827. The molecule has 1 atom stereocenters. The summed E-state index contributed by atoms with van der Waals surface area (Å²) in [5.74, 6) is 0.479. The predicted molar refractivity (Wildman–Crippen MR) is 106 cm³/mol. The van der Waals surface area contributed by atoms with Crippen LogP contribution in [0.3, 0.4) is 0 Å². The maximum absolute atomic E-state index is 13.0. The van der Waals surface area contributed by atoms with Gasteiger partial charge in [-0.1, -0.05) is 30.2 Å². The fourth-order valence-electron chi connectivity index (χ4n) is 4.58. The number of carbonyl (C=O) groups excluding carboxylic acids is 2. The summed E-state index contributed by atoms with van der Waals surface area (Å²) in [4.78, 5) is 27.2. The molecule has 1 saturated heterocycles. The first-order valence-corrected chi connectivity index (χ1v) is 10.6. The lowest BCUT2D eigenvalue weighted by Crippen LogP contribution is -2.46. The van der Waals surface area contributed by atoms with Crippen LogP contribution in [0.4, 0.5) is 0 Å². The number of amides is 2. The summed E-state index contributed by atoms with van der Waals surface area (Å²) in [6, 6.07) is 7.89. The number of aromatic nitrogens is 3. The van der Waals surface area contributed by atoms with Crippen molar-refractivity contribution in [3.05, 3.63) is 24.3 Å². The SMILES string of the molecule is O=C(NCCC1CCCCN1C(=O)Cn1nnc2ccccc21)C1CCCC1. The highest BCUT2D eigenvalue weighted by Crippen LogP contribution is 2.25. The fraction of sp³-hybridized carbons (Fsp3) is 0.619. The summed E-state index contributed by atoms with van der Waals surface area (Å²) in [5, 5.41) is 11.4. The van der Waals surface area contributed by atoms with E-state index in [1.165, 1.54) is 12.8 Å². The maximum atomic E-state index is 13.0. The highest BCUT2D eigenvalue weighted by atomic mass is 16.2. The van der Waals surface area contributed by atoms with Crippen molar-refractivity contribution in [2.45, 2.75) is 64.0 Å². The summed E-state index contributed by atoms with van der Waals surface area (Å²) < 4.78 is 1.69. The lowest BCUT2D eigenvalue weighted by molar-refractivity contribution is -0.135. The first-order valence-electron chi connectivity index (χ1n) is 10.6. The van der Waals surface area contributed by atoms with Crippen molar-refractivity contribution in [1.82, 2.24) is 25.2 Å². The van der Waals surface area contributed by atoms with Gasteiger partial charge in [-0.05, 0) is 50.7 Å². The van der Waals surface area contributed by atoms with Gasteiger partial charge in [-0.15, -0.1) is 5.10 Å². The molecule has 1 aliphatic carbocycles. The van der Waals surface area contributed by atoms with E-state index in [1.54, 1.807) is 4.68 Å². The monoisotopic (exact) mass is 383 g/mol. The quantitative estimate of drug-likeness (QED) is 0.831. The molecule has 0 spiro atoms. The predicted octanol–water partition coefficient (Wildman–Crippen LogP) is 2.51. The van der Waals surface area contributed by atoms with E-state index >= 15 is 0 Å². The molecular formula is C21H29N5O2. The van der Waals surface area contributed by atoms with E-state index in [-0.39, 0.29) is 30.3 Å². The van der Waals surface area contributed by atoms with Gasteiger partial charge in [-0.3, -0.25) is 9.59 Å². The van der Waals surface area contributed by atoms with Crippen molar-refractivity contribution in [2.24, 2.45) is 5.92 Å². The number of para-hydroxylation sites is 1. The number of fused-ring (bicyclic) bond motifs is 1. The number of piperidine rings is 1. The minimum absolute atomic E-state index is 0.0856. The molecule has 1 N–H and O–H groups in total. The molecule has 1 aromatic heterocycles. The van der Waals surface area contributed by atoms with Crippen molar-refractivity contribution >= 4 is 22.8 Å². The van der Waals surface area contributed by atoms with Crippen molar-refractivity contribution < 1.29 is 9.59 Å². The van der Waals surface area contributed by atoms with Crippen LogP contribution in [0, 0.1) is 5.92 Å². The smallest absolute Gasteiger partial charge is 0.244 e. The van der Waals surface area contributed by atoms with Crippen LogP contribution in [0.1, 0.15) is 51.4 Å². The Kier molecular flexibility index (Phi) is 5.88. The Morgan fingerprint density at radius 2 is 1.86 bits per heavy atom. The second-order valence-corrected chi connectivity index (χ2v) is 8.03. The Morgan fingerprint density at radius 3 is 2.71 bits per heavy atom. The molecule has 2 aliphatic rings. The molecule has 2 fully saturated rings. The molecule has 7 nitrogen and oxygen atoms in total. The first-order chi connectivity index (χ1) is 13.7. The van der Waals surface area contributed by atoms with Crippen LogP contribution in [-0.4, -0.2) is 50.8 Å². The molecular weight excluding hydrogens is 354 g/mol. The van der Waals surface area contributed by atoms with Gasteiger partial charge in [-0.2, -0.15) is 0 Å². The van der Waals surface area contributed by atoms with Gasteiger partial charge in [-0.25, -0.2) is 4.68 Å². The van der Waals surface area contributed by atoms with E-state index < -0.39 is 0 Å². The molecule has 7 heteroatoms. The number of rotatable bonds is 6. The van der Waals surface area contributed by atoms with Crippen molar-refractivity contribution in [1.29, 1.82) is 0 Å². The van der Waals surface area contributed by atoms with Crippen LogP contribution in [0.2, 0.25) is 0 Å². The second-order valence-electron chi connectivity index (χ2n) is 8.03. The highest BCUT2D eigenvalue weighted by Gasteiger charge is 2.28. The highest BCUT2D eigenvalue weighted by molar-refractivity contribution is 5.80. The van der Waals surface area contributed by atoms with Crippen molar-refractivity contribution in [3.63, 3.8) is 0 Å². The molecule has 4 rings (SSSR count). The number of nitrogens with one attached hydrogen (secondary N) is 1. The molecule has 0 bridgehead atoms. The van der Waals surface area contributed by atoms with E-state index in [2.05, 4.69) is 15.6 Å². The maximum Gasteiger partial charge on any atom is 0.244 e. The third-order valence-corrected chi connectivity index (χ3v) is 6.16. The first kappa shape index (κ1) is 18.9. The van der Waals surface area contributed by atoms with Crippen LogP contribution in [0.5, 0.6) is 0 Å². The van der Waals surface area contributed by atoms with Crippen LogP contribution >= 0.6 is 0 Å². The Balaban J connectivity index is 1.33. The van der Waals surface area contributed by atoms with Gasteiger partial charge in [0.15, 0.2) is 0 Å². The molecule has 2 heterocycles. The van der Waals surface area contributed by atoms with Crippen LogP contribution < -0.4 is 5.32 Å². The third-order valence-electron chi connectivity index (χ3n) is 6.16. The number of benzene rings is 1. The number of nitrogens with zero attached hydrogens (tertiary/aromatic N) is 4. The van der Waals surface area contributed by atoms with E-state index in [9.17, 15) is 9.59 Å². The summed E-state index contributed by atoms with van der Waals surface area (Å²) in [6.45, 7) is 1.65. The van der Waals surface area contributed by atoms with Gasteiger partial charge in [0.2, 0.25) is 11.8 Å². The molecule has 1 aliphatic heterocycles. The minimum atomic E-state index is 0.0856. The zero-order valence-electron chi connectivity index (χ0n) is 16.3. The molecule has 28 heavy (non-hydrogen) atoms. The Hall–Kier alpha value is -2.44. The largest absolute Gasteiger partial charge is 0.356 e. The Morgan fingerprint density at radius 1 is 1.07 bits per heavy atom. The standard InChI is InChI=1S/C21H29N5O2/c27-20(15-26-19-11-4-3-10-18(19)23-24-26)25-14-6-5-9-17(25)12-13-22-21(28)16-7-1-2-8-16/h3-4,10-11,16-17H,1-2,5-9,12-15H2,(H,22,28). The van der Waals surface area contributed by atoms with Gasteiger partial charge in [0.25, 0.3) is 0 Å². The van der Waals surface area contributed by atoms with Gasteiger partial charge in [0.1, 0.15) is 12.1 Å².